The van der Waals surface area contributed by atoms with Gasteiger partial charge in [0.15, 0.2) is 0 Å². The van der Waals surface area contributed by atoms with Gasteiger partial charge < -0.3 is 15.2 Å². The van der Waals surface area contributed by atoms with E-state index in [2.05, 4.69) is 5.92 Å². The predicted molar refractivity (Wildman–Crippen MR) is 60.1 cm³/mol. The Morgan fingerprint density at radius 3 is 2.87 bits per heavy atom. The molecule has 0 amide bonds. The maximum absolute atomic E-state index is 5.50. The minimum absolute atomic E-state index is 0.255. The summed E-state index contributed by atoms with van der Waals surface area (Å²) in [5, 5.41) is 0. The Balaban J connectivity index is 2.89. The molecule has 0 heterocycles. The molecule has 1 aromatic rings. The number of hydrogen-bond donors (Lipinski definition) is 1. The number of ether oxygens (including phenoxy) is 2. The Morgan fingerprint density at radius 1 is 1.47 bits per heavy atom. The minimum atomic E-state index is 0.255. The first kappa shape index (κ1) is 11.4. The van der Waals surface area contributed by atoms with Gasteiger partial charge in [0.25, 0.3) is 0 Å². The normalized spacial score (nSPS) is 9.40. The Morgan fingerprint density at radius 2 is 2.27 bits per heavy atom. The first-order chi connectivity index (χ1) is 7.31. The van der Waals surface area contributed by atoms with E-state index in [4.69, 9.17) is 21.6 Å². The first-order valence-electron chi connectivity index (χ1n) is 4.75. The lowest BCUT2D eigenvalue weighted by Gasteiger charge is -2.10. The molecular formula is C12H15NO2. The zero-order chi connectivity index (χ0) is 11.1. The smallest absolute Gasteiger partial charge is 0.148 e. The van der Waals surface area contributed by atoms with Crippen LogP contribution in [0.25, 0.3) is 0 Å². The summed E-state index contributed by atoms with van der Waals surface area (Å²) < 4.78 is 10.5. The second kappa shape index (κ2) is 5.94. The van der Waals surface area contributed by atoms with Gasteiger partial charge in [0.1, 0.15) is 18.1 Å². The lowest BCUT2D eigenvalue weighted by molar-refractivity contribution is 0.359. The van der Waals surface area contributed by atoms with Crippen molar-refractivity contribution in [1.82, 2.24) is 0 Å². The zero-order valence-electron chi connectivity index (χ0n) is 8.82. The second-order valence-electron chi connectivity index (χ2n) is 3.01. The van der Waals surface area contributed by atoms with Crippen LogP contribution in [-0.2, 0) is 6.42 Å². The van der Waals surface area contributed by atoms with E-state index in [9.17, 15) is 0 Å². The third-order valence-electron chi connectivity index (χ3n) is 2.00. The van der Waals surface area contributed by atoms with Crippen LogP contribution in [-0.4, -0.2) is 20.3 Å². The second-order valence-corrected chi connectivity index (χ2v) is 3.01. The average Bonchev–Trinajstić information content (AvgIpc) is 2.28. The quantitative estimate of drug-likeness (QED) is 0.735. The molecule has 0 fully saturated rings. The fourth-order valence-electron chi connectivity index (χ4n) is 1.28. The summed E-state index contributed by atoms with van der Waals surface area (Å²) in [5.74, 6) is 3.93. The molecule has 0 aliphatic rings. The van der Waals surface area contributed by atoms with E-state index in [1.54, 1.807) is 7.11 Å². The molecule has 0 unspecified atom stereocenters. The van der Waals surface area contributed by atoms with E-state index in [0.29, 0.717) is 6.54 Å². The van der Waals surface area contributed by atoms with Crippen LogP contribution in [0.4, 0.5) is 0 Å². The Kier molecular flexibility index (Phi) is 4.52. The van der Waals surface area contributed by atoms with Crippen molar-refractivity contribution in [2.75, 3.05) is 20.3 Å². The summed E-state index contributed by atoms with van der Waals surface area (Å²) in [6.45, 7) is 0.837. The molecule has 2 N–H and O–H groups in total. The van der Waals surface area contributed by atoms with Crippen molar-refractivity contribution in [3.8, 4) is 23.8 Å². The standard InChI is InChI=1S/C12H15NO2/c1-3-8-15-12-9-11(14-2)5-4-10(12)6-7-13/h1,4-5,9H,6-8,13H2,2H3. The number of hydrogen-bond acceptors (Lipinski definition) is 3. The fourth-order valence-corrected chi connectivity index (χ4v) is 1.28. The van der Waals surface area contributed by atoms with Crippen LogP contribution in [0.5, 0.6) is 11.5 Å². The van der Waals surface area contributed by atoms with Crippen LogP contribution >= 0.6 is 0 Å². The number of nitrogens with two attached hydrogens (primary N) is 1. The predicted octanol–water partition coefficient (Wildman–Crippen LogP) is 1.21. The van der Waals surface area contributed by atoms with E-state index in [0.717, 1.165) is 23.5 Å². The number of methoxy groups -OCH3 is 1. The van der Waals surface area contributed by atoms with Crippen LogP contribution in [0.2, 0.25) is 0 Å². The van der Waals surface area contributed by atoms with Gasteiger partial charge in [-0.05, 0) is 24.6 Å². The molecule has 0 aromatic heterocycles. The van der Waals surface area contributed by atoms with Gasteiger partial charge in [0, 0.05) is 6.07 Å². The largest absolute Gasteiger partial charge is 0.497 e. The van der Waals surface area contributed by atoms with Gasteiger partial charge in [-0.15, -0.1) is 6.42 Å². The Labute approximate surface area is 90.2 Å². The molecule has 0 bridgehead atoms. The SMILES string of the molecule is C#CCOc1cc(OC)ccc1CCN. The summed E-state index contributed by atoms with van der Waals surface area (Å²) in [7, 11) is 1.61. The monoisotopic (exact) mass is 205 g/mol. The van der Waals surface area contributed by atoms with Crippen LogP contribution < -0.4 is 15.2 Å². The third-order valence-corrected chi connectivity index (χ3v) is 2.00. The molecule has 0 spiro atoms. The minimum Gasteiger partial charge on any atom is -0.497 e. The van der Waals surface area contributed by atoms with Crippen molar-refractivity contribution in [1.29, 1.82) is 0 Å². The number of rotatable bonds is 5. The highest BCUT2D eigenvalue weighted by Gasteiger charge is 2.04. The molecule has 3 nitrogen and oxygen atoms in total. The topological polar surface area (TPSA) is 44.5 Å². The van der Waals surface area contributed by atoms with E-state index < -0.39 is 0 Å². The van der Waals surface area contributed by atoms with E-state index in [1.165, 1.54) is 0 Å². The molecule has 0 atom stereocenters. The van der Waals surface area contributed by atoms with Gasteiger partial charge in [-0.25, -0.2) is 0 Å². The maximum Gasteiger partial charge on any atom is 0.148 e. The summed E-state index contributed by atoms with van der Waals surface area (Å²) in [5.41, 5.74) is 6.55. The van der Waals surface area contributed by atoms with Crippen LogP contribution in [0.15, 0.2) is 18.2 Å². The highest BCUT2D eigenvalue weighted by Crippen LogP contribution is 2.24. The molecule has 0 saturated heterocycles. The molecule has 0 aliphatic carbocycles. The Hall–Kier alpha value is -1.66. The van der Waals surface area contributed by atoms with Crippen LogP contribution in [0.1, 0.15) is 5.56 Å². The molecular weight excluding hydrogens is 190 g/mol. The van der Waals surface area contributed by atoms with E-state index >= 15 is 0 Å². The van der Waals surface area contributed by atoms with E-state index in [-0.39, 0.29) is 6.61 Å². The fraction of sp³-hybridized carbons (Fsp3) is 0.333. The average molecular weight is 205 g/mol. The molecule has 1 aromatic carbocycles. The summed E-state index contributed by atoms with van der Waals surface area (Å²) in [6, 6.07) is 5.65. The molecule has 0 aliphatic heterocycles. The van der Waals surface area contributed by atoms with Gasteiger partial charge in [-0.3, -0.25) is 0 Å². The summed E-state index contributed by atoms with van der Waals surface area (Å²) in [6.07, 6.45) is 5.91. The van der Waals surface area contributed by atoms with Crippen LogP contribution in [0.3, 0.4) is 0 Å². The highest BCUT2D eigenvalue weighted by molar-refractivity contribution is 5.41. The van der Waals surface area contributed by atoms with Crippen molar-refractivity contribution >= 4 is 0 Å². The van der Waals surface area contributed by atoms with Gasteiger partial charge in [0.2, 0.25) is 0 Å². The van der Waals surface area contributed by atoms with Crippen molar-refractivity contribution in [3.63, 3.8) is 0 Å². The maximum atomic E-state index is 5.50. The van der Waals surface area contributed by atoms with Gasteiger partial charge >= 0.3 is 0 Å². The van der Waals surface area contributed by atoms with Crippen molar-refractivity contribution in [2.24, 2.45) is 5.73 Å². The van der Waals surface area contributed by atoms with Gasteiger partial charge in [0.05, 0.1) is 7.11 Å². The molecule has 15 heavy (non-hydrogen) atoms. The zero-order valence-corrected chi connectivity index (χ0v) is 8.82. The first-order valence-corrected chi connectivity index (χ1v) is 4.75. The highest BCUT2D eigenvalue weighted by atomic mass is 16.5. The number of terminal acetylenes is 1. The lowest BCUT2D eigenvalue weighted by atomic mass is 10.1. The molecule has 3 heteroatoms. The van der Waals surface area contributed by atoms with Crippen molar-refractivity contribution < 1.29 is 9.47 Å². The Bertz CT molecular complexity index is 355. The third kappa shape index (κ3) is 3.19. The van der Waals surface area contributed by atoms with Gasteiger partial charge in [-0.2, -0.15) is 0 Å². The molecule has 0 saturated carbocycles. The van der Waals surface area contributed by atoms with Crippen molar-refractivity contribution in [2.45, 2.75) is 6.42 Å². The van der Waals surface area contributed by atoms with E-state index in [1.807, 2.05) is 18.2 Å². The number of benzene rings is 1. The summed E-state index contributed by atoms with van der Waals surface area (Å²) >= 11 is 0. The lowest BCUT2D eigenvalue weighted by Crippen LogP contribution is -2.05. The van der Waals surface area contributed by atoms with Crippen molar-refractivity contribution in [3.05, 3.63) is 23.8 Å². The molecule has 1 rings (SSSR count). The van der Waals surface area contributed by atoms with Gasteiger partial charge in [-0.1, -0.05) is 12.0 Å². The molecule has 80 valence electrons. The van der Waals surface area contributed by atoms with Crippen LogP contribution in [0, 0.1) is 12.3 Å². The summed E-state index contributed by atoms with van der Waals surface area (Å²) in [4.78, 5) is 0. The molecule has 0 radical (unpaired) electrons.